The van der Waals surface area contributed by atoms with Gasteiger partial charge in [-0.25, -0.2) is 15.0 Å². The Morgan fingerprint density at radius 2 is 2.19 bits per heavy atom. The van der Waals surface area contributed by atoms with Crippen LogP contribution in [0.4, 0.5) is 5.82 Å². The molecule has 0 spiro atoms. The van der Waals surface area contributed by atoms with Gasteiger partial charge >= 0.3 is 5.91 Å². The van der Waals surface area contributed by atoms with Gasteiger partial charge in [0, 0.05) is 0 Å². The number of amides is 1. The highest BCUT2D eigenvalue weighted by molar-refractivity contribution is 6.06. The number of ether oxygens (including phenoxy) is 2. The van der Waals surface area contributed by atoms with E-state index in [2.05, 4.69) is 20.3 Å². The number of anilines is 1. The number of aromatic nitrogens is 4. The Hall–Kier alpha value is -2.58. The molecular formula is C16H19N5O5. The summed E-state index contributed by atoms with van der Waals surface area (Å²) >= 11 is 0. The van der Waals surface area contributed by atoms with Crippen LogP contribution >= 0.6 is 0 Å². The van der Waals surface area contributed by atoms with Gasteiger partial charge in [0.15, 0.2) is 23.2 Å². The van der Waals surface area contributed by atoms with Crippen molar-refractivity contribution >= 4 is 22.9 Å². The zero-order chi connectivity index (χ0) is 18.8. The Balaban J connectivity index is 1.88. The van der Waals surface area contributed by atoms with E-state index >= 15 is 0 Å². The first kappa shape index (κ1) is 18.2. The lowest BCUT2D eigenvalue weighted by Gasteiger charge is -2.17. The summed E-state index contributed by atoms with van der Waals surface area (Å²) in [6.45, 7) is 3.86. The summed E-state index contributed by atoms with van der Waals surface area (Å²) in [6.07, 6.45) is 3.68. The zero-order valence-electron chi connectivity index (χ0n) is 14.2. The summed E-state index contributed by atoms with van der Waals surface area (Å²) in [4.78, 5) is 23.6. The highest BCUT2D eigenvalue weighted by Gasteiger charge is 2.44. The van der Waals surface area contributed by atoms with Gasteiger partial charge in [-0.15, -0.1) is 6.42 Å². The second-order valence-corrected chi connectivity index (χ2v) is 6.07. The number of hydrogen-bond donors (Lipinski definition) is 3. The molecule has 26 heavy (non-hydrogen) atoms. The van der Waals surface area contributed by atoms with Crippen molar-refractivity contribution in [3.8, 4) is 12.3 Å². The van der Waals surface area contributed by atoms with E-state index in [0.717, 1.165) is 0 Å². The molecular weight excluding hydrogens is 342 g/mol. The van der Waals surface area contributed by atoms with Crippen molar-refractivity contribution in [3.05, 3.63) is 12.7 Å². The maximum atomic E-state index is 11.4. The lowest BCUT2D eigenvalue weighted by molar-refractivity contribution is -0.111. The van der Waals surface area contributed by atoms with Crippen molar-refractivity contribution in [2.75, 3.05) is 11.9 Å². The average Bonchev–Trinajstić information content (AvgIpc) is 3.16. The molecule has 138 valence electrons. The third-order valence-electron chi connectivity index (χ3n) is 3.93. The lowest BCUT2D eigenvalue weighted by atomic mass is 10.1. The van der Waals surface area contributed by atoms with Crippen molar-refractivity contribution in [2.24, 2.45) is 0 Å². The Morgan fingerprint density at radius 3 is 2.88 bits per heavy atom. The molecule has 1 amide bonds. The Morgan fingerprint density at radius 1 is 1.42 bits per heavy atom. The number of rotatable bonds is 5. The third-order valence-corrected chi connectivity index (χ3v) is 3.93. The first-order valence-electron chi connectivity index (χ1n) is 8.00. The van der Waals surface area contributed by atoms with Crippen LogP contribution < -0.4 is 5.32 Å². The zero-order valence-corrected chi connectivity index (χ0v) is 14.2. The molecule has 4 atom stereocenters. The smallest absolute Gasteiger partial charge is 0.301 e. The molecule has 3 heterocycles. The van der Waals surface area contributed by atoms with Crippen molar-refractivity contribution in [3.63, 3.8) is 0 Å². The van der Waals surface area contributed by atoms with Gasteiger partial charge in [0.05, 0.1) is 19.0 Å². The minimum absolute atomic E-state index is 0.0360. The fourth-order valence-electron chi connectivity index (χ4n) is 2.66. The number of nitrogens with zero attached hydrogens (tertiary/aromatic N) is 4. The van der Waals surface area contributed by atoms with E-state index in [1.807, 2.05) is 19.8 Å². The number of nitrogens with one attached hydrogen (secondary N) is 1. The van der Waals surface area contributed by atoms with Gasteiger partial charge in [-0.3, -0.25) is 14.7 Å². The van der Waals surface area contributed by atoms with Crippen LogP contribution in [0.1, 0.15) is 20.1 Å². The largest absolute Gasteiger partial charge is 0.387 e. The van der Waals surface area contributed by atoms with E-state index in [-0.39, 0.29) is 24.0 Å². The maximum Gasteiger partial charge on any atom is 0.301 e. The van der Waals surface area contributed by atoms with Gasteiger partial charge in [-0.2, -0.15) is 0 Å². The first-order valence-corrected chi connectivity index (χ1v) is 8.00. The third kappa shape index (κ3) is 3.38. The highest BCUT2D eigenvalue weighted by Crippen LogP contribution is 2.32. The van der Waals surface area contributed by atoms with E-state index in [1.165, 1.54) is 17.2 Å². The van der Waals surface area contributed by atoms with E-state index in [9.17, 15) is 15.0 Å². The lowest BCUT2D eigenvalue weighted by Crippen LogP contribution is -2.34. The summed E-state index contributed by atoms with van der Waals surface area (Å²) in [5.41, 5.74) is 0.595. The van der Waals surface area contributed by atoms with Gasteiger partial charge < -0.3 is 19.7 Å². The van der Waals surface area contributed by atoms with Crippen LogP contribution in [0.5, 0.6) is 0 Å². The number of carbonyl (C=O) groups is 1. The SMILES string of the molecule is C#CC(=O)Nc1ncnc2c1ncn2[C@@H]1O[C@H](COC(C)C)[C@@H](O)[C@H]1O. The Kier molecular flexibility index (Phi) is 5.15. The minimum atomic E-state index is -1.20. The van der Waals surface area contributed by atoms with Crippen LogP contribution in [0.15, 0.2) is 12.7 Å². The molecule has 0 radical (unpaired) electrons. The predicted octanol–water partition coefficient (Wildman–Crippen LogP) is -0.558. The van der Waals surface area contributed by atoms with Crippen LogP contribution in [-0.2, 0) is 14.3 Å². The molecule has 0 unspecified atom stereocenters. The number of carbonyl (C=O) groups excluding carboxylic acids is 1. The fourth-order valence-corrected chi connectivity index (χ4v) is 2.66. The highest BCUT2D eigenvalue weighted by atomic mass is 16.6. The summed E-state index contributed by atoms with van der Waals surface area (Å²) < 4.78 is 12.7. The quantitative estimate of drug-likeness (QED) is 0.604. The van der Waals surface area contributed by atoms with Crippen molar-refractivity contribution < 1.29 is 24.5 Å². The molecule has 1 aliphatic heterocycles. The second kappa shape index (κ2) is 7.35. The summed E-state index contributed by atoms with van der Waals surface area (Å²) in [5, 5.41) is 23.0. The van der Waals surface area contributed by atoms with Gasteiger partial charge in [0.1, 0.15) is 24.6 Å². The molecule has 1 saturated heterocycles. The van der Waals surface area contributed by atoms with Crippen molar-refractivity contribution in [2.45, 2.75) is 44.5 Å². The number of aliphatic hydroxyl groups is 2. The van der Waals surface area contributed by atoms with E-state index in [1.54, 1.807) is 0 Å². The standard InChI is InChI=1S/C16H19N5O5/c1-4-10(22)20-14-11-15(18-6-17-14)21(7-19-11)16-13(24)12(23)9(26-16)5-25-8(2)3/h1,6-9,12-13,16,23-24H,5H2,2-3H3,(H,17,18,20,22)/t9-,12-,13-,16-/m1/s1. The predicted molar refractivity (Wildman–Crippen MR) is 89.8 cm³/mol. The number of aliphatic hydroxyl groups excluding tert-OH is 2. The van der Waals surface area contributed by atoms with Gasteiger partial charge in [0.25, 0.3) is 0 Å². The van der Waals surface area contributed by atoms with Crippen LogP contribution in [-0.4, -0.2) is 66.7 Å². The van der Waals surface area contributed by atoms with E-state index < -0.39 is 30.4 Å². The molecule has 1 aliphatic rings. The number of fused-ring (bicyclic) bond motifs is 1. The fraction of sp³-hybridized carbons (Fsp3) is 0.500. The van der Waals surface area contributed by atoms with Crippen molar-refractivity contribution in [1.29, 1.82) is 0 Å². The maximum absolute atomic E-state index is 11.4. The normalized spacial score (nSPS) is 25.5. The second-order valence-electron chi connectivity index (χ2n) is 6.07. The van der Waals surface area contributed by atoms with Gasteiger partial charge in [0.2, 0.25) is 0 Å². The van der Waals surface area contributed by atoms with Gasteiger partial charge in [-0.1, -0.05) is 0 Å². The molecule has 0 aliphatic carbocycles. The number of imidazole rings is 1. The summed E-state index contributed by atoms with van der Waals surface area (Å²) in [7, 11) is 0. The molecule has 10 nitrogen and oxygen atoms in total. The number of hydrogen-bond acceptors (Lipinski definition) is 8. The molecule has 2 aromatic rings. The van der Waals surface area contributed by atoms with E-state index in [0.29, 0.717) is 5.65 Å². The monoisotopic (exact) mass is 361 g/mol. The first-order chi connectivity index (χ1) is 12.4. The van der Waals surface area contributed by atoms with Crippen LogP contribution in [0.2, 0.25) is 0 Å². The molecule has 0 aromatic carbocycles. The minimum Gasteiger partial charge on any atom is -0.387 e. The Labute approximate surface area is 149 Å². The summed E-state index contributed by atoms with van der Waals surface area (Å²) in [5.74, 6) is 1.40. The van der Waals surface area contributed by atoms with Crippen molar-refractivity contribution in [1.82, 2.24) is 19.5 Å². The number of terminal acetylenes is 1. The molecule has 0 bridgehead atoms. The van der Waals surface area contributed by atoms with E-state index in [4.69, 9.17) is 15.9 Å². The summed E-state index contributed by atoms with van der Waals surface area (Å²) in [6, 6.07) is 0. The average molecular weight is 361 g/mol. The molecule has 0 saturated carbocycles. The topological polar surface area (TPSA) is 132 Å². The molecule has 2 aromatic heterocycles. The Bertz CT molecular complexity index is 845. The molecule has 3 N–H and O–H groups in total. The van der Waals surface area contributed by atoms with Gasteiger partial charge in [-0.05, 0) is 19.8 Å². The van der Waals surface area contributed by atoms with Crippen LogP contribution in [0.3, 0.4) is 0 Å². The molecule has 3 rings (SSSR count). The van der Waals surface area contributed by atoms with Crippen LogP contribution in [0, 0.1) is 12.3 Å². The van der Waals surface area contributed by atoms with Crippen LogP contribution in [0.25, 0.3) is 11.2 Å². The molecule has 1 fully saturated rings. The molecule has 10 heteroatoms.